The van der Waals surface area contributed by atoms with Gasteiger partial charge < -0.3 is 14.5 Å². The van der Waals surface area contributed by atoms with Crippen LogP contribution >= 0.6 is 0 Å². The highest BCUT2D eigenvalue weighted by molar-refractivity contribution is 5.51. The Kier molecular flexibility index (Phi) is 4.11. The molecule has 0 spiro atoms. The summed E-state index contributed by atoms with van der Waals surface area (Å²) in [5.41, 5.74) is 1.43. The van der Waals surface area contributed by atoms with Gasteiger partial charge >= 0.3 is 0 Å². The van der Waals surface area contributed by atoms with Crippen molar-refractivity contribution in [2.75, 3.05) is 49.2 Å². The number of nitrogens with zero attached hydrogens (tertiary/aromatic N) is 4. The fourth-order valence-corrected chi connectivity index (χ4v) is 3.44. The Morgan fingerprint density at radius 2 is 1.65 bits per heavy atom. The molecule has 0 aliphatic carbocycles. The first kappa shape index (κ1) is 14.5. The summed E-state index contributed by atoms with van der Waals surface area (Å²) in [5, 5.41) is 0. The van der Waals surface area contributed by atoms with Crippen LogP contribution in [0.2, 0.25) is 0 Å². The van der Waals surface area contributed by atoms with E-state index in [1.807, 2.05) is 0 Å². The van der Waals surface area contributed by atoms with Crippen molar-refractivity contribution in [1.29, 1.82) is 0 Å². The van der Waals surface area contributed by atoms with Gasteiger partial charge in [0, 0.05) is 38.2 Å². The summed E-state index contributed by atoms with van der Waals surface area (Å²) in [6.45, 7) is 5.45. The van der Waals surface area contributed by atoms with Crippen molar-refractivity contribution in [2.45, 2.75) is 12.3 Å². The lowest BCUT2D eigenvalue weighted by atomic mass is 9.99. The molecule has 23 heavy (non-hydrogen) atoms. The third-order valence-corrected chi connectivity index (χ3v) is 4.76. The molecule has 120 valence electrons. The second-order valence-electron chi connectivity index (χ2n) is 6.18. The lowest BCUT2D eigenvalue weighted by Gasteiger charge is -2.28. The average molecular weight is 310 g/mol. The van der Waals surface area contributed by atoms with Gasteiger partial charge in [0.2, 0.25) is 0 Å². The zero-order chi connectivity index (χ0) is 15.5. The second kappa shape index (κ2) is 6.54. The Labute approximate surface area is 136 Å². The minimum Gasteiger partial charge on any atom is -0.378 e. The molecule has 2 saturated heterocycles. The van der Waals surface area contributed by atoms with Crippen LogP contribution in [0.3, 0.4) is 0 Å². The molecule has 4 rings (SSSR count). The van der Waals surface area contributed by atoms with E-state index in [-0.39, 0.29) is 0 Å². The number of anilines is 2. The van der Waals surface area contributed by atoms with E-state index in [0.717, 1.165) is 51.0 Å². The monoisotopic (exact) mass is 310 g/mol. The Bertz CT molecular complexity index is 642. The van der Waals surface area contributed by atoms with Crippen molar-refractivity contribution >= 4 is 11.6 Å². The van der Waals surface area contributed by atoms with E-state index in [9.17, 15) is 0 Å². The second-order valence-corrected chi connectivity index (χ2v) is 6.18. The molecule has 1 aromatic carbocycles. The molecule has 0 N–H and O–H groups in total. The molecule has 5 heteroatoms. The molecule has 2 aliphatic heterocycles. The molecular weight excluding hydrogens is 288 g/mol. The lowest BCUT2D eigenvalue weighted by molar-refractivity contribution is 0.122. The van der Waals surface area contributed by atoms with Gasteiger partial charge in [-0.05, 0) is 12.0 Å². The van der Waals surface area contributed by atoms with Crippen molar-refractivity contribution in [3.63, 3.8) is 0 Å². The molecule has 1 aromatic heterocycles. The smallest absolute Gasteiger partial charge is 0.134 e. The van der Waals surface area contributed by atoms with Gasteiger partial charge in [0.05, 0.1) is 13.2 Å². The zero-order valence-corrected chi connectivity index (χ0v) is 13.3. The molecule has 0 amide bonds. The molecule has 1 atom stereocenters. The van der Waals surface area contributed by atoms with Crippen LogP contribution in [-0.4, -0.2) is 49.4 Å². The van der Waals surface area contributed by atoms with Gasteiger partial charge in [0.25, 0.3) is 0 Å². The standard InChI is InChI=1S/C18H22N4O/c1-2-4-15(5-3-1)16-6-7-22(13-16)18-12-17(19-14-20-18)21-8-10-23-11-9-21/h1-5,12,14,16H,6-11,13H2. The maximum atomic E-state index is 5.42. The Morgan fingerprint density at radius 1 is 0.913 bits per heavy atom. The van der Waals surface area contributed by atoms with Gasteiger partial charge in [-0.2, -0.15) is 0 Å². The topological polar surface area (TPSA) is 41.5 Å². The van der Waals surface area contributed by atoms with Gasteiger partial charge in [-0.1, -0.05) is 30.3 Å². The highest BCUT2D eigenvalue weighted by Gasteiger charge is 2.25. The molecule has 2 aromatic rings. The van der Waals surface area contributed by atoms with Crippen LogP contribution in [-0.2, 0) is 4.74 Å². The van der Waals surface area contributed by atoms with E-state index in [2.05, 4.69) is 56.2 Å². The number of aromatic nitrogens is 2. The first-order valence-corrected chi connectivity index (χ1v) is 8.35. The minimum absolute atomic E-state index is 0.595. The first-order chi connectivity index (χ1) is 11.4. The predicted octanol–water partition coefficient (Wildman–Crippen LogP) is 2.31. The largest absolute Gasteiger partial charge is 0.378 e. The number of hydrogen-bond donors (Lipinski definition) is 0. The van der Waals surface area contributed by atoms with Gasteiger partial charge in [-0.15, -0.1) is 0 Å². The summed E-state index contributed by atoms with van der Waals surface area (Å²) in [6.07, 6.45) is 2.87. The van der Waals surface area contributed by atoms with Crippen LogP contribution in [0.15, 0.2) is 42.7 Å². The number of hydrogen-bond acceptors (Lipinski definition) is 5. The van der Waals surface area contributed by atoms with Crippen molar-refractivity contribution in [1.82, 2.24) is 9.97 Å². The van der Waals surface area contributed by atoms with Gasteiger partial charge in [-0.25, -0.2) is 9.97 Å². The van der Waals surface area contributed by atoms with E-state index >= 15 is 0 Å². The Balaban J connectivity index is 1.48. The lowest BCUT2D eigenvalue weighted by Crippen LogP contribution is -2.37. The summed E-state index contributed by atoms with van der Waals surface area (Å²) in [7, 11) is 0. The molecule has 0 saturated carbocycles. The maximum absolute atomic E-state index is 5.42. The Hall–Kier alpha value is -2.14. The van der Waals surface area contributed by atoms with Crippen molar-refractivity contribution in [3.8, 4) is 0 Å². The predicted molar refractivity (Wildman–Crippen MR) is 91.1 cm³/mol. The Morgan fingerprint density at radius 3 is 2.43 bits per heavy atom. The third kappa shape index (κ3) is 3.15. The van der Waals surface area contributed by atoms with Gasteiger partial charge in [0.1, 0.15) is 18.0 Å². The van der Waals surface area contributed by atoms with Crippen molar-refractivity contribution < 1.29 is 4.74 Å². The summed E-state index contributed by atoms with van der Waals surface area (Å²) in [5.74, 6) is 2.65. The van der Waals surface area contributed by atoms with Crippen LogP contribution < -0.4 is 9.80 Å². The fourth-order valence-electron chi connectivity index (χ4n) is 3.44. The molecule has 3 heterocycles. The van der Waals surface area contributed by atoms with Crippen LogP contribution in [0.25, 0.3) is 0 Å². The van der Waals surface area contributed by atoms with Crippen LogP contribution in [0.4, 0.5) is 11.6 Å². The SMILES string of the molecule is c1ccc(C2CCN(c3cc(N4CCOCC4)ncn3)C2)cc1. The number of benzene rings is 1. The highest BCUT2D eigenvalue weighted by atomic mass is 16.5. The number of ether oxygens (including phenoxy) is 1. The summed E-state index contributed by atoms with van der Waals surface area (Å²) < 4.78 is 5.42. The summed E-state index contributed by atoms with van der Waals surface area (Å²) in [4.78, 5) is 13.6. The molecule has 2 aliphatic rings. The van der Waals surface area contributed by atoms with Gasteiger partial charge in [-0.3, -0.25) is 0 Å². The van der Waals surface area contributed by atoms with E-state index in [0.29, 0.717) is 5.92 Å². The molecule has 0 radical (unpaired) electrons. The average Bonchev–Trinajstić information content (AvgIpc) is 3.14. The molecule has 0 bridgehead atoms. The van der Waals surface area contributed by atoms with Crippen LogP contribution in [0, 0.1) is 0 Å². The van der Waals surface area contributed by atoms with Crippen molar-refractivity contribution in [3.05, 3.63) is 48.3 Å². The third-order valence-electron chi connectivity index (χ3n) is 4.76. The van der Waals surface area contributed by atoms with Crippen LogP contribution in [0.1, 0.15) is 17.9 Å². The molecule has 2 fully saturated rings. The van der Waals surface area contributed by atoms with Crippen LogP contribution in [0.5, 0.6) is 0 Å². The highest BCUT2D eigenvalue weighted by Crippen LogP contribution is 2.30. The quantitative estimate of drug-likeness (QED) is 0.870. The maximum Gasteiger partial charge on any atom is 0.134 e. The summed E-state index contributed by atoms with van der Waals surface area (Å²) in [6, 6.07) is 12.9. The first-order valence-electron chi connectivity index (χ1n) is 8.35. The zero-order valence-electron chi connectivity index (χ0n) is 13.3. The molecule has 1 unspecified atom stereocenters. The molecular formula is C18H22N4O. The van der Waals surface area contributed by atoms with Gasteiger partial charge in [0.15, 0.2) is 0 Å². The summed E-state index contributed by atoms with van der Waals surface area (Å²) >= 11 is 0. The minimum atomic E-state index is 0.595. The van der Waals surface area contributed by atoms with E-state index in [4.69, 9.17) is 4.74 Å². The molecule has 5 nitrogen and oxygen atoms in total. The number of morpholine rings is 1. The van der Waals surface area contributed by atoms with E-state index in [1.54, 1.807) is 6.33 Å². The fraction of sp³-hybridized carbons (Fsp3) is 0.444. The van der Waals surface area contributed by atoms with Crippen molar-refractivity contribution in [2.24, 2.45) is 0 Å². The number of rotatable bonds is 3. The normalized spacial score (nSPS) is 21.7. The van der Waals surface area contributed by atoms with E-state index < -0.39 is 0 Å². The van der Waals surface area contributed by atoms with E-state index in [1.165, 1.54) is 12.0 Å².